The Labute approximate surface area is 182 Å². The van der Waals surface area contributed by atoms with Crippen molar-refractivity contribution in [1.29, 1.82) is 0 Å². The third-order valence-electron chi connectivity index (χ3n) is 6.63. The van der Waals surface area contributed by atoms with Crippen molar-refractivity contribution in [1.82, 2.24) is 14.1 Å². The fourth-order valence-electron chi connectivity index (χ4n) is 4.89. The third kappa shape index (κ3) is 3.49. The number of pyridine rings is 2. The Morgan fingerprint density at radius 2 is 1.87 bits per heavy atom. The van der Waals surface area contributed by atoms with Gasteiger partial charge in [-0.1, -0.05) is 12.1 Å². The molecule has 1 aliphatic rings. The lowest BCUT2D eigenvalue weighted by Crippen LogP contribution is -2.38. The summed E-state index contributed by atoms with van der Waals surface area (Å²) in [5.41, 5.74) is 7.77. The summed E-state index contributed by atoms with van der Waals surface area (Å²) in [6, 6.07) is 14.1. The Morgan fingerprint density at radius 1 is 1.03 bits per heavy atom. The fraction of sp³-hybridized carbons (Fsp3) is 0.308. The van der Waals surface area contributed by atoms with Crippen LogP contribution in [0.3, 0.4) is 0 Å². The first-order chi connectivity index (χ1) is 14.8. The number of hydrogen-bond acceptors (Lipinski definition) is 2. The maximum absolute atomic E-state index is 13.0. The van der Waals surface area contributed by atoms with Gasteiger partial charge in [0.1, 0.15) is 6.54 Å². The van der Waals surface area contributed by atoms with E-state index in [0.29, 0.717) is 0 Å². The van der Waals surface area contributed by atoms with Gasteiger partial charge in [-0.05, 0) is 43.2 Å². The highest BCUT2D eigenvalue weighted by Gasteiger charge is 2.26. The van der Waals surface area contributed by atoms with Crippen LogP contribution in [0, 0.1) is 6.92 Å². The van der Waals surface area contributed by atoms with Crippen molar-refractivity contribution < 1.29 is 4.48 Å². The number of benzene rings is 1. The standard InChI is InChI=1S/C26H29N4O/c1-18-7-8-20(16-27-18)19-11-12-29(26(31)14-19)21-9-10-22-23-17-30(3,4)13-5-6-24(23)28(2)25(22)15-21/h7-12,14-16H,5-6,13,17H2,1-4H3/q+1. The fourth-order valence-corrected chi connectivity index (χ4v) is 4.89. The van der Waals surface area contributed by atoms with Crippen LogP contribution in [0.15, 0.2) is 59.7 Å². The van der Waals surface area contributed by atoms with E-state index < -0.39 is 0 Å². The zero-order valence-corrected chi connectivity index (χ0v) is 18.7. The lowest BCUT2D eigenvalue weighted by Gasteiger charge is -2.28. The van der Waals surface area contributed by atoms with Crippen molar-refractivity contribution in [3.05, 3.63) is 82.2 Å². The van der Waals surface area contributed by atoms with E-state index >= 15 is 0 Å². The van der Waals surface area contributed by atoms with Crippen LogP contribution in [0.1, 0.15) is 23.4 Å². The van der Waals surface area contributed by atoms with Gasteiger partial charge in [0, 0.05) is 59.8 Å². The van der Waals surface area contributed by atoms with Crippen molar-refractivity contribution in [2.24, 2.45) is 7.05 Å². The van der Waals surface area contributed by atoms with Crippen LogP contribution in [0.4, 0.5) is 0 Å². The van der Waals surface area contributed by atoms with Gasteiger partial charge in [-0.2, -0.15) is 0 Å². The van der Waals surface area contributed by atoms with Gasteiger partial charge in [0.15, 0.2) is 0 Å². The SMILES string of the molecule is Cc1ccc(-c2ccn(-c3ccc4c5c(n(C)c4c3)CCC[N+](C)(C)C5)c(=O)c2)cn1. The highest BCUT2D eigenvalue weighted by atomic mass is 16.1. The molecule has 5 nitrogen and oxygen atoms in total. The number of hydrogen-bond donors (Lipinski definition) is 0. The highest BCUT2D eigenvalue weighted by Crippen LogP contribution is 2.32. The third-order valence-corrected chi connectivity index (χ3v) is 6.63. The van der Waals surface area contributed by atoms with Gasteiger partial charge < -0.3 is 9.05 Å². The topological polar surface area (TPSA) is 39.8 Å². The van der Waals surface area contributed by atoms with Crippen molar-refractivity contribution in [3.8, 4) is 16.8 Å². The summed E-state index contributed by atoms with van der Waals surface area (Å²) in [5, 5.41) is 1.31. The van der Waals surface area contributed by atoms with Gasteiger partial charge in [0.25, 0.3) is 5.56 Å². The van der Waals surface area contributed by atoms with Gasteiger partial charge in [-0.25, -0.2) is 0 Å². The molecule has 1 aromatic carbocycles. The highest BCUT2D eigenvalue weighted by molar-refractivity contribution is 5.87. The van der Waals surface area contributed by atoms with E-state index in [4.69, 9.17) is 0 Å². The summed E-state index contributed by atoms with van der Waals surface area (Å²) < 4.78 is 5.07. The normalized spacial score (nSPS) is 15.6. The molecule has 0 bridgehead atoms. The molecule has 31 heavy (non-hydrogen) atoms. The molecule has 0 atom stereocenters. The molecule has 0 radical (unpaired) electrons. The molecule has 0 amide bonds. The minimum atomic E-state index is -0.0361. The molecule has 0 N–H and O–H groups in total. The first kappa shape index (κ1) is 19.8. The molecule has 5 heteroatoms. The second-order valence-corrected chi connectivity index (χ2v) is 9.42. The van der Waals surface area contributed by atoms with E-state index in [0.717, 1.165) is 40.0 Å². The monoisotopic (exact) mass is 413 g/mol. The Kier molecular flexibility index (Phi) is 4.59. The summed E-state index contributed by atoms with van der Waals surface area (Å²) in [6.45, 7) is 4.21. The number of rotatable bonds is 2. The summed E-state index contributed by atoms with van der Waals surface area (Å²) in [5.74, 6) is 0. The number of fused-ring (bicyclic) bond motifs is 3. The van der Waals surface area contributed by atoms with E-state index in [1.807, 2.05) is 37.5 Å². The molecule has 5 rings (SSSR count). The van der Waals surface area contributed by atoms with Crippen LogP contribution in [0.2, 0.25) is 0 Å². The van der Waals surface area contributed by atoms with Crippen LogP contribution >= 0.6 is 0 Å². The first-order valence-electron chi connectivity index (χ1n) is 10.9. The Morgan fingerprint density at radius 3 is 2.61 bits per heavy atom. The average Bonchev–Trinajstić information content (AvgIpc) is 2.88. The van der Waals surface area contributed by atoms with Gasteiger partial charge in [0.2, 0.25) is 0 Å². The average molecular weight is 414 g/mol. The van der Waals surface area contributed by atoms with Crippen molar-refractivity contribution in [3.63, 3.8) is 0 Å². The number of quaternary nitrogens is 1. The molecule has 0 unspecified atom stereocenters. The molecule has 4 aromatic rings. The molecule has 158 valence electrons. The molecular formula is C26H29N4O+. The van der Waals surface area contributed by atoms with Crippen LogP contribution in [0.25, 0.3) is 27.7 Å². The van der Waals surface area contributed by atoms with Gasteiger partial charge in [0.05, 0.1) is 31.8 Å². The van der Waals surface area contributed by atoms with Gasteiger partial charge in [-0.15, -0.1) is 0 Å². The number of aryl methyl sites for hydroxylation is 2. The molecule has 3 aromatic heterocycles. The maximum atomic E-state index is 13.0. The van der Waals surface area contributed by atoms with E-state index in [9.17, 15) is 4.79 Å². The quantitative estimate of drug-likeness (QED) is 0.462. The molecule has 0 saturated heterocycles. The zero-order chi connectivity index (χ0) is 21.8. The predicted molar refractivity (Wildman–Crippen MR) is 125 cm³/mol. The summed E-state index contributed by atoms with van der Waals surface area (Å²) in [4.78, 5) is 17.3. The van der Waals surface area contributed by atoms with Crippen LogP contribution in [-0.4, -0.2) is 39.2 Å². The summed E-state index contributed by atoms with van der Waals surface area (Å²) in [6.07, 6.45) is 5.99. The molecule has 1 aliphatic heterocycles. The Balaban J connectivity index is 1.58. The van der Waals surface area contributed by atoms with Gasteiger partial charge >= 0.3 is 0 Å². The van der Waals surface area contributed by atoms with E-state index in [2.05, 4.69) is 48.9 Å². The van der Waals surface area contributed by atoms with Crippen molar-refractivity contribution in [2.45, 2.75) is 26.3 Å². The predicted octanol–water partition coefficient (Wildman–Crippen LogP) is 4.22. The van der Waals surface area contributed by atoms with Crippen molar-refractivity contribution in [2.75, 3.05) is 20.6 Å². The minimum Gasteiger partial charge on any atom is -0.347 e. The lowest BCUT2D eigenvalue weighted by molar-refractivity contribution is -0.903. The minimum absolute atomic E-state index is 0.0361. The van der Waals surface area contributed by atoms with E-state index in [1.165, 1.54) is 35.1 Å². The second-order valence-electron chi connectivity index (χ2n) is 9.42. The number of nitrogens with zero attached hydrogens (tertiary/aromatic N) is 4. The van der Waals surface area contributed by atoms with E-state index in [1.54, 1.807) is 10.6 Å². The van der Waals surface area contributed by atoms with Crippen LogP contribution < -0.4 is 5.56 Å². The zero-order valence-electron chi connectivity index (χ0n) is 18.7. The van der Waals surface area contributed by atoms with Crippen molar-refractivity contribution >= 4 is 10.9 Å². The summed E-state index contributed by atoms with van der Waals surface area (Å²) in [7, 11) is 6.78. The molecule has 0 saturated carbocycles. The van der Waals surface area contributed by atoms with Gasteiger partial charge in [-0.3, -0.25) is 14.3 Å². The first-order valence-corrected chi connectivity index (χ1v) is 10.9. The smallest absolute Gasteiger partial charge is 0.255 e. The molecule has 0 aliphatic carbocycles. The second kappa shape index (κ2) is 7.20. The summed E-state index contributed by atoms with van der Waals surface area (Å²) >= 11 is 0. The van der Waals surface area contributed by atoms with E-state index in [-0.39, 0.29) is 5.56 Å². The maximum Gasteiger partial charge on any atom is 0.255 e. The Hall–Kier alpha value is -3.18. The molecule has 4 heterocycles. The largest absolute Gasteiger partial charge is 0.347 e. The molecule has 0 spiro atoms. The Bertz CT molecular complexity index is 1340. The van der Waals surface area contributed by atoms with Crippen LogP contribution in [-0.2, 0) is 20.0 Å². The molecule has 0 fully saturated rings. The molecular weight excluding hydrogens is 384 g/mol. The lowest BCUT2D eigenvalue weighted by atomic mass is 10.1. The number of aromatic nitrogens is 3. The van der Waals surface area contributed by atoms with Crippen LogP contribution in [0.5, 0.6) is 0 Å².